The van der Waals surface area contributed by atoms with E-state index in [2.05, 4.69) is 0 Å². The van der Waals surface area contributed by atoms with Crippen molar-refractivity contribution in [1.82, 2.24) is 0 Å². The number of carboxylic acid groups (broad SMARTS) is 1. The van der Waals surface area contributed by atoms with Crippen LogP contribution in [0.2, 0.25) is 0 Å². The Morgan fingerprint density at radius 3 is 2.25 bits per heavy atom. The van der Waals surface area contributed by atoms with Crippen LogP contribution in [0.15, 0.2) is 0 Å². The van der Waals surface area contributed by atoms with Crippen molar-refractivity contribution < 1.29 is 15.0 Å². The van der Waals surface area contributed by atoms with E-state index in [1.165, 1.54) is 0 Å². The number of aliphatic hydroxyl groups is 1. The molecule has 0 aliphatic heterocycles. The van der Waals surface area contributed by atoms with Crippen molar-refractivity contribution in [3.63, 3.8) is 0 Å². The molecule has 0 rings (SSSR count). The van der Waals surface area contributed by atoms with Gasteiger partial charge in [-0.1, -0.05) is 13.8 Å². The summed E-state index contributed by atoms with van der Waals surface area (Å²) < 4.78 is 0. The third-order valence-corrected chi connectivity index (χ3v) is 1.59. The summed E-state index contributed by atoms with van der Waals surface area (Å²) in [4.78, 5) is 10.3. The number of hydrogen-bond acceptors (Lipinski definition) is 3. The average molecular weight is 175 g/mol. The maximum atomic E-state index is 10.3. The third kappa shape index (κ3) is 5.09. The van der Waals surface area contributed by atoms with Gasteiger partial charge in [-0.15, -0.1) is 0 Å². The average Bonchev–Trinajstić information content (AvgIpc) is 1.84. The van der Waals surface area contributed by atoms with E-state index in [9.17, 15) is 9.90 Å². The molecule has 0 saturated carbocycles. The molecule has 0 saturated heterocycles. The second-order valence-electron chi connectivity index (χ2n) is 3.46. The first kappa shape index (κ1) is 11.4. The second kappa shape index (κ2) is 5.11. The molecule has 0 unspecified atom stereocenters. The number of aliphatic carboxylic acids is 1. The van der Waals surface area contributed by atoms with E-state index in [0.29, 0.717) is 12.3 Å². The van der Waals surface area contributed by atoms with Crippen LogP contribution in [0.5, 0.6) is 0 Å². The van der Waals surface area contributed by atoms with Crippen molar-refractivity contribution >= 4 is 5.97 Å². The maximum absolute atomic E-state index is 10.3. The molecule has 0 aromatic carbocycles. The number of aliphatic hydroxyl groups excluding tert-OH is 1. The first-order chi connectivity index (χ1) is 5.43. The lowest BCUT2D eigenvalue weighted by Crippen LogP contribution is -2.34. The van der Waals surface area contributed by atoms with Crippen molar-refractivity contribution in [2.45, 2.75) is 38.8 Å². The first-order valence-corrected chi connectivity index (χ1v) is 4.10. The molecule has 0 aliphatic rings. The van der Waals surface area contributed by atoms with E-state index in [4.69, 9.17) is 10.8 Å². The molecule has 4 N–H and O–H groups in total. The lowest BCUT2D eigenvalue weighted by atomic mass is 10.0. The number of carboxylic acids is 1. The molecule has 4 nitrogen and oxygen atoms in total. The second-order valence-corrected chi connectivity index (χ2v) is 3.46. The summed E-state index contributed by atoms with van der Waals surface area (Å²) in [5, 5.41) is 17.7. The zero-order valence-electron chi connectivity index (χ0n) is 7.53. The summed E-state index contributed by atoms with van der Waals surface area (Å²) in [6.45, 7) is 3.94. The van der Waals surface area contributed by atoms with Crippen LogP contribution < -0.4 is 5.73 Å². The lowest BCUT2D eigenvalue weighted by Gasteiger charge is -2.14. The van der Waals surface area contributed by atoms with Crippen molar-refractivity contribution in [1.29, 1.82) is 0 Å². The Bertz CT molecular complexity index is 147. The van der Waals surface area contributed by atoms with E-state index in [1.54, 1.807) is 0 Å². The van der Waals surface area contributed by atoms with Crippen LogP contribution in [0.4, 0.5) is 0 Å². The molecule has 0 aliphatic carbocycles. The van der Waals surface area contributed by atoms with Crippen LogP contribution in [0.25, 0.3) is 0 Å². The van der Waals surface area contributed by atoms with Crippen LogP contribution >= 0.6 is 0 Å². The van der Waals surface area contributed by atoms with Gasteiger partial charge in [-0.05, 0) is 18.8 Å². The van der Waals surface area contributed by atoms with Crippen LogP contribution in [-0.4, -0.2) is 28.3 Å². The van der Waals surface area contributed by atoms with E-state index in [-0.39, 0.29) is 6.42 Å². The van der Waals surface area contributed by atoms with Crippen molar-refractivity contribution in [2.75, 3.05) is 0 Å². The SMILES string of the molecule is CC(C)C[C@H](O)C[C@H](N)C(=O)O. The smallest absolute Gasteiger partial charge is 0.320 e. The van der Waals surface area contributed by atoms with E-state index in [1.807, 2.05) is 13.8 Å². The summed E-state index contributed by atoms with van der Waals surface area (Å²) in [5.41, 5.74) is 5.23. The normalized spacial score (nSPS) is 16.1. The van der Waals surface area contributed by atoms with Crippen LogP contribution in [0, 0.1) is 5.92 Å². The Morgan fingerprint density at radius 1 is 1.42 bits per heavy atom. The van der Waals surface area contributed by atoms with Gasteiger partial charge in [0.2, 0.25) is 0 Å². The molecule has 0 fully saturated rings. The van der Waals surface area contributed by atoms with E-state index in [0.717, 1.165) is 0 Å². The van der Waals surface area contributed by atoms with Gasteiger partial charge in [0.1, 0.15) is 6.04 Å². The van der Waals surface area contributed by atoms with Gasteiger partial charge in [0.15, 0.2) is 0 Å². The van der Waals surface area contributed by atoms with Crippen molar-refractivity contribution in [3.8, 4) is 0 Å². The van der Waals surface area contributed by atoms with Gasteiger partial charge >= 0.3 is 5.97 Å². The predicted molar refractivity (Wildman–Crippen MR) is 45.7 cm³/mol. The summed E-state index contributed by atoms with van der Waals surface area (Å²) in [5.74, 6) is -0.696. The summed E-state index contributed by atoms with van der Waals surface area (Å²) in [6.07, 6.45) is 0.130. The summed E-state index contributed by atoms with van der Waals surface area (Å²) in [7, 11) is 0. The Morgan fingerprint density at radius 2 is 1.92 bits per heavy atom. The monoisotopic (exact) mass is 175 g/mol. The van der Waals surface area contributed by atoms with Crippen LogP contribution in [-0.2, 0) is 4.79 Å². The lowest BCUT2D eigenvalue weighted by molar-refractivity contribution is -0.139. The maximum Gasteiger partial charge on any atom is 0.320 e. The molecule has 2 atom stereocenters. The van der Waals surface area contributed by atoms with Crippen molar-refractivity contribution in [3.05, 3.63) is 0 Å². The van der Waals surface area contributed by atoms with Gasteiger partial charge in [-0.2, -0.15) is 0 Å². The molecule has 0 spiro atoms. The predicted octanol–water partition coefficient (Wildman–Crippen LogP) is 0.195. The highest BCUT2D eigenvalue weighted by molar-refractivity contribution is 5.73. The van der Waals surface area contributed by atoms with Gasteiger partial charge in [0.05, 0.1) is 6.10 Å². The van der Waals surface area contributed by atoms with Gasteiger partial charge in [0.25, 0.3) is 0 Å². The standard InChI is InChI=1S/C8H17NO3/c1-5(2)3-6(10)4-7(9)8(11)12/h5-7,10H,3-4,9H2,1-2H3,(H,11,12)/t6-,7-/m0/s1. The fourth-order valence-electron chi connectivity index (χ4n) is 1.03. The molecule has 0 bridgehead atoms. The minimum absolute atomic E-state index is 0.132. The zero-order valence-corrected chi connectivity index (χ0v) is 7.53. The minimum atomic E-state index is -1.06. The zero-order chi connectivity index (χ0) is 9.72. The molecule has 0 heterocycles. The topological polar surface area (TPSA) is 83.5 Å². The molecular weight excluding hydrogens is 158 g/mol. The molecule has 0 radical (unpaired) electrons. The number of rotatable bonds is 5. The molecule has 12 heavy (non-hydrogen) atoms. The highest BCUT2D eigenvalue weighted by Crippen LogP contribution is 2.08. The van der Waals surface area contributed by atoms with Crippen LogP contribution in [0.3, 0.4) is 0 Å². The Hall–Kier alpha value is -0.610. The molecular formula is C8H17NO3. The van der Waals surface area contributed by atoms with E-state index < -0.39 is 18.1 Å². The van der Waals surface area contributed by atoms with E-state index >= 15 is 0 Å². The van der Waals surface area contributed by atoms with Crippen LogP contribution in [0.1, 0.15) is 26.7 Å². The Balaban J connectivity index is 3.68. The molecule has 0 aromatic rings. The van der Waals surface area contributed by atoms with Gasteiger partial charge in [-0.25, -0.2) is 0 Å². The first-order valence-electron chi connectivity index (χ1n) is 4.10. The highest BCUT2D eigenvalue weighted by Gasteiger charge is 2.17. The van der Waals surface area contributed by atoms with Gasteiger partial charge < -0.3 is 15.9 Å². The molecule has 72 valence electrons. The highest BCUT2D eigenvalue weighted by atomic mass is 16.4. The summed E-state index contributed by atoms with van der Waals surface area (Å²) >= 11 is 0. The fraction of sp³-hybridized carbons (Fsp3) is 0.875. The largest absolute Gasteiger partial charge is 0.480 e. The third-order valence-electron chi connectivity index (χ3n) is 1.59. The molecule has 4 heteroatoms. The number of carbonyl (C=O) groups is 1. The molecule has 0 amide bonds. The number of hydrogen-bond donors (Lipinski definition) is 3. The minimum Gasteiger partial charge on any atom is -0.480 e. The van der Waals surface area contributed by atoms with Gasteiger partial charge in [0, 0.05) is 0 Å². The quantitative estimate of drug-likeness (QED) is 0.557. The molecule has 0 aromatic heterocycles. The number of nitrogens with two attached hydrogens (primary N) is 1. The van der Waals surface area contributed by atoms with Gasteiger partial charge in [-0.3, -0.25) is 4.79 Å². The fourth-order valence-corrected chi connectivity index (χ4v) is 1.03. The summed E-state index contributed by atoms with van der Waals surface area (Å²) in [6, 6.07) is -0.946. The van der Waals surface area contributed by atoms with Crippen molar-refractivity contribution in [2.24, 2.45) is 11.7 Å². The Kier molecular flexibility index (Phi) is 4.85. The Labute approximate surface area is 72.4 Å².